The fraction of sp³-hybridized carbons (Fsp3) is 0.233. The Labute approximate surface area is 225 Å². The van der Waals surface area contributed by atoms with Gasteiger partial charge in [0.2, 0.25) is 11.8 Å². The molecular weight excluding hydrogens is 499 g/mol. The molecule has 4 aromatic rings. The summed E-state index contributed by atoms with van der Waals surface area (Å²) in [6.07, 6.45) is 0.794. The second kappa shape index (κ2) is 11.2. The van der Waals surface area contributed by atoms with Crippen molar-refractivity contribution in [1.29, 1.82) is 0 Å². The van der Waals surface area contributed by atoms with Gasteiger partial charge in [-0.05, 0) is 43.2 Å². The van der Waals surface area contributed by atoms with Crippen LogP contribution in [0.4, 0.5) is 10.2 Å². The van der Waals surface area contributed by atoms with Gasteiger partial charge in [0.15, 0.2) is 0 Å². The van der Waals surface area contributed by atoms with Crippen LogP contribution < -0.4 is 10.2 Å². The van der Waals surface area contributed by atoms with Gasteiger partial charge in [-0.15, -0.1) is 11.8 Å². The van der Waals surface area contributed by atoms with Gasteiger partial charge < -0.3 is 5.32 Å². The van der Waals surface area contributed by atoms with Crippen LogP contribution in [0.15, 0.2) is 78.9 Å². The number of aromatic nitrogens is 2. The lowest BCUT2D eigenvalue weighted by atomic mass is 9.99. The summed E-state index contributed by atoms with van der Waals surface area (Å²) in [4.78, 5) is 28.1. The zero-order valence-corrected chi connectivity index (χ0v) is 22.2. The third kappa shape index (κ3) is 5.22. The highest BCUT2D eigenvalue weighted by atomic mass is 32.2. The summed E-state index contributed by atoms with van der Waals surface area (Å²) in [6.45, 7) is 4.39. The van der Waals surface area contributed by atoms with Crippen LogP contribution in [-0.2, 0) is 9.59 Å². The van der Waals surface area contributed by atoms with Gasteiger partial charge in [-0.3, -0.25) is 14.5 Å². The molecule has 2 heterocycles. The molecule has 8 heteroatoms. The average molecular weight is 529 g/mol. The zero-order valence-electron chi connectivity index (χ0n) is 21.4. The molecule has 6 nitrogen and oxygen atoms in total. The summed E-state index contributed by atoms with van der Waals surface area (Å²) in [6, 6.07) is 24.1. The lowest BCUT2D eigenvalue weighted by molar-refractivity contribution is -0.122. The van der Waals surface area contributed by atoms with E-state index in [9.17, 15) is 14.0 Å². The Kier molecular flexibility index (Phi) is 7.60. The smallest absolute Gasteiger partial charge is 0.240 e. The molecule has 38 heavy (non-hydrogen) atoms. The molecule has 1 atom stereocenters. The largest absolute Gasteiger partial charge is 0.355 e. The number of nitrogens with one attached hydrogen (secondary N) is 1. The zero-order chi connectivity index (χ0) is 26.6. The number of hydrogen-bond donors (Lipinski definition) is 1. The maximum absolute atomic E-state index is 14.4. The van der Waals surface area contributed by atoms with E-state index in [4.69, 9.17) is 5.10 Å². The van der Waals surface area contributed by atoms with Crippen LogP contribution in [0.2, 0.25) is 0 Å². The molecule has 1 aliphatic heterocycles. The Balaban J connectivity index is 1.78. The van der Waals surface area contributed by atoms with Crippen molar-refractivity contribution < 1.29 is 14.0 Å². The number of halogens is 1. The van der Waals surface area contributed by atoms with Crippen molar-refractivity contribution in [1.82, 2.24) is 15.1 Å². The van der Waals surface area contributed by atoms with Crippen LogP contribution >= 0.6 is 11.8 Å². The maximum Gasteiger partial charge on any atom is 0.240 e. The fourth-order valence-corrected chi connectivity index (χ4v) is 5.78. The Morgan fingerprint density at radius 2 is 1.84 bits per heavy atom. The molecule has 0 bridgehead atoms. The van der Waals surface area contributed by atoms with Gasteiger partial charge in [-0.1, -0.05) is 67.1 Å². The first-order chi connectivity index (χ1) is 18.5. The van der Waals surface area contributed by atoms with E-state index >= 15 is 0 Å². The number of carbonyl (C=O) groups excluding carboxylic acids is 2. The third-order valence-electron chi connectivity index (χ3n) is 6.44. The predicted octanol–water partition coefficient (Wildman–Crippen LogP) is 5.68. The monoisotopic (exact) mass is 528 g/mol. The minimum Gasteiger partial charge on any atom is -0.355 e. The number of anilines is 1. The van der Waals surface area contributed by atoms with Crippen LogP contribution in [0.5, 0.6) is 0 Å². The van der Waals surface area contributed by atoms with Gasteiger partial charge in [0.25, 0.3) is 0 Å². The summed E-state index contributed by atoms with van der Waals surface area (Å²) in [5.74, 6) is -0.112. The van der Waals surface area contributed by atoms with Crippen molar-refractivity contribution in [2.75, 3.05) is 23.7 Å². The van der Waals surface area contributed by atoms with Crippen molar-refractivity contribution >= 4 is 29.4 Å². The Morgan fingerprint density at radius 3 is 2.55 bits per heavy atom. The van der Waals surface area contributed by atoms with Gasteiger partial charge in [0.05, 0.1) is 22.4 Å². The fourth-order valence-electron chi connectivity index (χ4n) is 4.59. The van der Waals surface area contributed by atoms with Gasteiger partial charge in [-0.2, -0.15) is 5.10 Å². The first kappa shape index (κ1) is 25.7. The third-order valence-corrected chi connectivity index (χ3v) is 7.69. The topological polar surface area (TPSA) is 67.2 Å². The van der Waals surface area contributed by atoms with Crippen LogP contribution in [0.25, 0.3) is 16.9 Å². The molecule has 1 N–H and O–H groups in total. The quantitative estimate of drug-likeness (QED) is 0.335. The number of rotatable bonds is 7. The number of amides is 2. The molecule has 0 radical (unpaired) electrons. The van der Waals surface area contributed by atoms with E-state index < -0.39 is 0 Å². The highest BCUT2D eigenvalue weighted by Crippen LogP contribution is 2.48. The number of thioether (sulfide) groups is 1. The Bertz CT molecular complexity index is 1450. The lowest BCUT2D eigenvalue weighted by Crippen LogP contribution is -2.42. The second-order valence-corrected chi connectivity index (χ2v) is 10.4. The molecular formula is C30H29FN4O2S. The molecule has 0 saturated carbocycles. The number of carbonyl (C=O) groups is 2. The van der Waals surface area contributed by atoms with E-state index in [1.807, 2.05) is 74.5 Å². The van der Waals surface area contributed by atoms with E-state index in [1.54, 1.807) is 10.7 Å². The lowest BCUT2D eigenvalue weighted by Gasteiger charge is -2.23. The molecule has 3 aromatic carbocycles. The number of nitrogens with zero attached hydrogens (tertiary/aromatic N) is 3. The van der Waals surface area contributed by atoms with Crippen molar-refractivity contribution in [3.63, 3.8) is 0 Å². The summed E-state index contributed by atoms with van der Waals surface area (Å²) >= 11 is 1.42. The predicted molar refractivity (Wildman–Crippen MR) is 150 cm³/mol. The number of aryl methyl sites for hydroxylation is 1. The normalized spacial score (nSPS) is 15.2. The minimum absolute atomic E-state index is 0.131. The average Bonchev–Trinajstić information content (AvgIpc) is 3.25. The van der Waals surface area contributed by atoms with Crippen LogP contribution in [0, 0.1) is 12.7 Å². The molecule has 194 valence electrons. The van der Waals surface area contributed by atoms with Crippen molar-refractivity contribution in [2.24, 2.45) is 0 Å². The number of hydrogen-bond acceptors (Lipinski definition) is 4. The molecule has 1 aromatic heterocycles. The summed E-state index contributed by atoms with van der Waals surface area (Å²) in [5, 5.41) is 7.56. The van der Waals surface area contributed by atoms with Crippen molar-refractivity contribution in [3.8, 4) is 16.9 Å². The van der Waals surface area contributed by atoms with Crippen molar-refractivity contribution in [3.05, 3.63) is 101 Å². The van der Waals surface area contributed by atoms with Gasteiger partial charge in [0.1, 0.15) is 18.2 Å². The van der Waals surface area contributed by atoms with E-state index in [1.165, 1.54) is 28.8 Å². The van der Waals surface area contributed by atoms with Crippen LogP contribution in [0.1, 0.15) is 35.3 Å². The summed E-state index contributed by atoms with van der Waals surface area (Å²) in [5.41, 5.74) is 4.95. The van der Waals surface area contributed by atoms with Crippen LogP contribution in [-0.4, -0.2) is 40.4 Å². The van der Waals surface area contributed by atoms with E-state index in [-0.39, 0.29) is 35.2 Å². The Morgan fingerprint density at radius 1 is 1.08 bits per heavy atom. The first-order valence-electron chi connectivity index (χ1n) is 12.7. The standard InChI is InChI=1S/C30H29FN4O2S/c1-3-16-32-25(36)18-34-26(37)19-38-29(22-10-7-11-23(31)17-22)27-28(21-8-5-4-6-9-21)33-35(30(27)34)24-14-12-20(2)13-15-24/h4-15,17,29H,3,16,18-19H2,1-2H3,(H,32,36)/t29-/m1/s1. The van der Waals surface area contributed by atoms with E-state index in [0.717, 1.165) is 34.4 Å². The van der Waals surface area contributed by atoms with Gasteiger partial charge >= 0.3 is 0 Å². The highest BCUT2D eigenvalue weighted by molar-refractivity contribution is 8.00. The Hall–Kier alpha value is -3.91. The highest BCUT2D eigenvalue weighted by Gasteiger charge is 2.37. The number of fused-ring (bicyclic) bond motifs is 1. The second-order valence-electron chi connectivity index (χ2n) is 9.28. The van der Waals surface area contributed by atoms with Crippen molar-refractivity contribution in [2.45, 2.75) is 25.5 Å². The van der Waals surface area contributed by atoms with E-state index in [2.05, 4.69) is 5.32 Å². The molecule has 0 saturated heterocycles. The molecule has 0 spiro atoms. The molecule has 0 aliphatic carbocycles. The van der Waals surface area contributed by atoms with Gasteiger partial charge in [0, 0.05) is 17.7 Å². The maximum atomic E-state index is 14.4. The number of benzene rings is 3. The first-order valence-corrected chi connectivity index (χ1v) is 13.7. The molecule has 1 aliphatic rings. The summed E-state index contributed by atoms with van der Waals surface area (Å²) in [7, 11) is 0. The van der Waals surface area contributed by atoms with Crippen LogP contribution in [0.3, 0.4) is 0 Å². The molecule has 2 amide bonds. The molecule has 0 unspecified atom stereocenters. The SMILES string of the molecule is CCCNC(=O)CN1C(=O)CS[C@H](c2cccc(F)c2)c2c(-c3ccccc3)nn(-c3ccc(C)cc3)c21. The minimum atomic E-state index is -0.372. The molecule has 5 rings (SSSR count). The summed E-state index contributed by atoms with van der Waals surface area (Å²) < 4.78 is 16.2. The molecule has 0 fully saturated rings. The van der Waals surface area contributed by atoms with Gasteiger partial charge in [-0.25, -0.2) is 9.07 Å². The van der Waals surface area contributed by atoms with E-state index in [0.29, 0.717) is 18.1 Å².